The van der Waals surface area contributed by atoms with Crippen molar-refractivity contribution in [2.45, 2.75) is 77.2 Å². The van der Waals surface area contributed by atoms with Crippen molar-refractivity contribution in [3.8, 4) is 0 Å². The first-order valence-corrected chi connectivity index (χ1v) is 9.60. The van der Waals surface area contributed by atoms with Crippen LogP contribution in [0.2, 0.25) is 0 Å². The van der Waals surface area contributed by atoms with Crippen LogP contribution in [-0.4, -0.2) is 35.5 Å². The van der Waals surface area contributed by atoms with Crippen molar-refractivity contribution in [2.24, 2.45) is 0 Å². The Morgan fingerprint density at radius 1 is 0.840 bits per heavy atom. The molecular weight excluding hydrogens is 316 g/mol. The number of aliphatic hydroxyl groups excluding tert-OH is 2. The van der Waals surface area contributed by atoms with E-state index in [1.54, 1.807) is 0 Å². The molecule has 0 aliphatic heterocycles. The van der Waals surface area contributed by atoms with Crippen LogP contribution >= 0.6 is 0 Å². The topological polar surface area (TPSA) is 66.8 Å². The summed E-state index contributed by atoms with van der Waals surface area (Å²) < 4.78 is 4.90. The van der Waals surface area contributed by atoms with Gasteiger partial charge < -0.3 is 14.9 Å². The average molecular weight is 353 g/mol. The Morgan fingerprint density at radius 3 is 1.88 bits per heavy atom. The van der Waals surface area contributed by atoms with E-state index in [0.717, 1.165) is 32.1 Å². The van der Waals surface area contributed by atoms with Gasteiger partial charge in [0.2, 0.25) is 0 Å². The summed E-state index contributed by atoms with van der Waals surface area (Å²) in [6.45, 7) is 1.54. The van der Waals surface area contributed by atoms with Crippen LogP contribution in [0.3, 0.4) is 0 Å². The Balaban J connectivity index is 3.48. The molecule has 144 valence electrons. The van der Waals surface area contributed by atoms with Crippen molar-refractivity contribution in [2.75, 3.05) is 13.2 Å². The smallest absolute Gasteiger partial charge is 0.306 e. The summed E-state index contributed by atoms with van der Waals surface area (Å²) in [5, 5.41) is 17.6. The molecule has 2 N–H and O–H groups in total. The van der Waals surface area contributed by atoms with Gasteiger partial charge in [-0.15, -0.1) is 0 Å². The Morgan fingerprint density at radius 2 is 1.36 bits per heavy atom. The Hall–Kier alpha value is -1.39. The zero-order valence-electron chi connectivity index (χ0n) is 15.7. The molecule has 0 aliphatic rings. The van der Waals surface area contributed by atoms with Crippen molar-refractivity contribution in [3.63, 3.8) is 0 Å². The molecule has 4 nitrogen and oxygen atoms in total. The molecule has 4 heteroatoms. The van der Waals surface area contributed by atoms with Gasteiger partial charge in [-0.3, -0.25) is 4.79 Å². The first kappa shape index (κ1) is 23.6. The van der Waals surface area contributed by atoms with Crippen LogP contribution in [0.15, 0.2) is 36.5 Å². The quantitative estimate of drug-likeness (QED) is 0.244. The highest BCUT2D eigenvalue weighted by molar-refractivity contribution is 5.69. The fraction of sp³-hybridized carbons (Fsp3) is 0.667. The van der Waals surface area contributed by atoms with Gasteiger partial charge in [0, 0.05) is 6.42 Å². The summed E-state index contributed by atoms with van der Waals surface area (Å²) in [6.07, 6.45) is 22.3. The summed E-state index contributed by atoms with van der Waals surface area (Å²) in [4.78, 5) is 11.4. The highest BCUT2D eigenvalue weighted by atomic mass is 16.6. The fourth-order valence-electron chi connectivity index (χ4n) is 2.20. The molecule has 0 fully saturated rings. The summed E-state index contributed by atoms with van der Waals surface area (Å²) in [6, 6.07) is 0. The molecule has 0 heterocycles. The van der Waals surface area contributed by atoms with E-state index in [0.29, 0.717) is 6.42 Å². The third-order valence-electron chi connectivity index (χ3n) is 3.73. The van der Waals surface area contributed by atoms with E-state index in [1.807, 2.05) is 0 Å². The lowest BCUT2D eigenvalue weighted by Gasteiger charge is -2.12. The molecule has 0 saturated heterocycles. The maximum atomic E-state index is 11.4. The van der Waals surface area contributed by atoms with Crippen molar-refractivity contribution >= 4 is 5.97 Å². The SMILES string of the molecule is CCCCCC=CCC=CCC=CCCCCC(=O)OC(CO)CO. The molecule has 0 bridgehead atoms. The van der Waals surface area contributed by atoms with Crippen molar-refractivity contribution < 1.29 is 19.7 Å². The van der Waals surface area contributed by atoms with E-state index < -0.39 is 6.10 Å². The first-order valence-electron chi connectivity index (χ1n) is 9.60. The van der Waals surface area contributed by atoms with Crippen LogP contribution in [0, 0.1) is 0 Å². The van der Waals surface area contributed by atoms with E-state index in [9.17, 15) is 4.79 Å². The van der Waals surface area contributed by atoms with Gasteiger partial charge in [-0.1, -0.05) is 56.2 Å². The molecule has 0 spiro atoms. The first-order chi connectivity index (χ1) is 12.2. The highest BCUT2D eigenvalue weighted by Gasteiger charge is 2.11. The van der Waals surface area contributed by atoms with Crippen LogP contribution in [0.25, 0.3) is 0 Å². The van der Waals surface area contributed by atoms with E-state index in [2.05, 4.69) is 43.4 Å². The molecule has 25 heavy (non-hydrogen) atoms. The number of unbranched alkanes of at least 4 members (excludes halogenated alkanes) is 5. The Kier molecular flexibility index (Phi) is 17.9. The average Bonchev–Trinajstić information content (AvgIpc) is 2.62. The maximum Gasteiger partial charge on any atom is 0.306 e. The molecule has 0 amide bonds. The largest absolute Gasteiger partial charge is 0.457 e. The van der Waals surface area contributed by atoms with Gasteiger partial charge >= 0.3 is 5.97 Å². The van der Waals surface area contributed by atoms with Gasteiger partial charge in [0.15, 0.2) is 0 Å². The molecule has 0 rings (SSSR count). The lowest BCUT2D eigenvalue weighted by atomic mass is 10.1. The van der Waals surface area contributed by atoms with Gasteiger partial charge in [-0.2, -0.15) is 0 Å². The van der Waals surface area contributed by atoms with Crippen molar-refractivity contribution in [1.29, 1.82) is 0 Å². The number of carbonyl (C=O) groups is 1. The fourth-order valence-corrected chi connectivity index (χ4v) is 2.20. The highest BCUT2D eigenvalue weighted by Crippen LogP contribution is 2.05. The molecule has 0 aliphatic carbocycles. The number of hydrogen-bond donors (Lipinski definition) is 2. The third-order valence-corrected chi connectivity index (χ3v) is 3.73. The van der Waals surface area contributed by atoms with Gasteiger partial charge in [0.1, 0.15) is 6.10 Å². The third kappa shape index (κ3) is 17.2. The summed E-state index contributed by atoms with van der Waals surface area (Å²) in [5.74, 6) is -0.359. The number of rotatable bonds is 16. The predicted octanol–water partition coefficient (Wildman–Crippen LogP) is 4.47. The van der Waals surface area contributed by atoms with Gasteiger partial charge in [-0.05, 0) is 44.9 Å². The number of hydrogen-bond acceptors (Lipinski definition) is 4. The van der Waals surface area contributed by atoms with Crippen LogP contribution < -0.4 is 0 Å². The van der Waals surface area contributed by atoms with Crippen LogP contribution in [0.4, 0.5) is 0 Å². The number of aliphatic hydroxyl groups is 2. The predicted molar refractivity (Wildman–Crippen MR) is 103 cm³/mol. The minimum Gasteiger partial charge on any atom is -0.457 e. The molecule has 0 radical (unpaired) electrons. The van der Waals surface area contributed by atoms with E-state index in [-0.39, 0.29) is 19.2 Å². The summed E-state index contributed by atoms with van der Waals surface area (Å²) >= 11 is 0. The second-order valence-electron chi connectivity index (χ2n) is 6.10. The number of carbonyl (C=O) groups excluding carboxylic acids is 1. The van der Waals surface area contributed by atoms with E-state index in [1.165, 1.54) is 25.7 Å². The number of allylic oxidation sites excluding steroid dienone is 6. The number of ether oxygens (including phenoxy) is 1. The van der Waals surface area contributed by atoms with Gasteiger partial charge in [0.05, 0.1) is 13.2 Å². The Bertz CT molecular complexity index is 381. The van der Waals surface area contributed by atoms with E-state index >= 15 is 0 Å². The molecule has 0 aromatic heterocycles. The monoisotopic (exact) mass is 352 g/mol. The van der Waals surface area contributed by atoms with Crippen molar-refractivity contribution in [3.05, 3.63) is 36.5 Å². The second-order valence-corrected chi connectivity index (χ2v) is 6.10. The normalized spacial score (nSPS) is 12.2. The molecule has 0 aromatic rings. The van der Waals surface area contributed by atoms with Crippen LogP contribution in [0.1, 0.15) is 71.1 Å². The van der Waals surface area contributed by atoms with Gasteiger partial charge in [-0.25, -0.2) is 0 Å². The number of esters is 1. The maximum absolute atomic E-state index is 11.4. The van der Waals surface area contributed by atoms with Crippen LogP contribution in [-0.2, 0) is 9.53 Å². The lowest BCUT2D eigenvalue weighted by Crippen LogP contribution is -2.25. The standard InChI is InChI=1S/C21H36O4/c1-2-3-4-5-6-7-8-9-10-11-12-13-14-15-16-17-21(24)25-20(18-22)19-23/h6-7,9-10,12-13,20,22-23H,2-5,8,11,14-19H2,1H3. The second kappa shape index (κ2) is 18.9. The molecular formula is C21H36O4. The minimum atomic E-state index is -0.787. The van der Waals surface area contributed by atoms with E-state index in [4.69, 9.17) is 14.9 Å². The summed E-state index contributed by atoms with van der Waals surface area (Å²) in [7, 11) is 0. The minimum absolute atomic E-state index is 0.328. The van der Waals surface area contributed by atoms with Crippen LogP contribution in [0.5, 0.6) is 0 Å². The van der Waals surface area contributed by atoms with Gasteiger partial charge in [0.25, 0.3) is 0 Å². The molecule has 0 unspecified atom stereocenters. The lowest BCUT2D eigenvalue weighted by molar-refractivity contribution is -0.153. The zero-order chi connectivity index (χ0) is 18.6. The molecule has 0 saturated carbocycles. The molecule has 0 aromatic carbocycles. The molecule has 0 atom stereocenters. The summed E-state index contributed by atoms with van der Waals surface area (Å²) in [5.41, 5.74) is 0. The Labute approximate surface area is 153 Å². The zero-order valence-corrected chi connectivity index (χ0v) is 15.7. The van der Waals surface area contributed by atoms with Crippen molar-refractivity contribution in [1.82, 2.24) is 0 Å².